The van der Waals surface area contributed by atoms with E-state index in [1.807, 2.05) is 4.90 Å². The fourth-order valence-corrected chi connectivity index (χ4v) is 5.77. The van der Waals surface area contributed by atoms with Gasteiger partial charge in [0.05, 0.1) is 20.1 Å². The molecule has 0 aliphatic carbocycles. The molecule has 4 rings (SSSR count). The quantitative estimate of drug-likeness (QED) is 0.562. The summed E-state index contributed by atoms with van der Waals surface area (Å²) < 4.78 is 2.24. The summed E-state index contributed by atoms with van der Waals surface area (Å²) >= 11 is 15.0. The minimum Gasteiger partial charge on any atom is -0.345 e. The Morgan fingerprint density at radius 1 is 1.08 bits per heavy atom. The second kappa shape index (κ2) is 7.00. The second-order valence-corrected chi connectivity index (χ2v) is 9.71. The molecule has 0 atom stereocenters. The number of nitrogens with zero attached hydrogens (tertiary/aromatic N) is 3. The van der Waals surface area contributed by atoms with Crippen LogP contribution in [0.2, 0.25) is 8.67 Å². The van der Waals surface area contributed by atoms with Gasteiger partial charge in [0.1, 0.15) is 4.34 Å². The van der Waals surface area contributed by atoms with Gasteiger partial charge < -0.3 is 9.80 Å². The average molecular weight is 426 g/mol. The molecule has 136 valence electrons. The van der Waals surface area contributed by atoms with Crippen LogP contribution in [-0.2, 0) is 0 Å². The summed E-state index contributed by atoms with van der Waals surface area (Å²) in [5, 5.41) is 1.03. The summed E-state index contributed by atoms with van der Waals surface area (Å²) in [6.45, 7) is 7.05. The number of rotatable bonds is 2. The lowest BCUT2D eigenvalue weighted by Gasteiger charge is -2.34. The van der Waals surface area contributed by atoms with Crippen LogP contribution in [0.25, 0.3) is 10.2 Å². The van der Waals surface area contributed by atoms with Crippen LogP contribution in [0.15, 0.2) is 18.2 Å². The maximum absolute atomic E-state index is 12.7. The van der Waals surface area contributed by atoms with Crippen molar-refractivity contribution in [1.82, 2.24) is 9.88 Å². The maximum Gasteiger partial charge on any atom is 0.256 e. The highest BCUT2D eigenvalue weighted by Crippen LogP contribution is 2.34. The lowest BCUT2D eigenvalue weighted by molar-refractivity contribution is 0.0747. The van der Waals surface area contributed by atoms with E-state index in [9.17, 15) is 4.79 Å². The molecule has 3 aromatic rings. The fourth-order valence-electron chi connectivity index (χ4n) is 3.26. The molecule has 0 bridgehead atoms. The third-order valence-electron chi connectivity index (χ3n) is 4.53. The topological polar surface area (TPSA) is 36.4 Å². The van der Waals surface area contributed by atoms with E-state index in [1.54, 1.807) is 17.4 Å². The molecule has 0 N–H and O–H groups in total. The molecule has 2 aromatic heterocycles. The summed E-state index contributed by atoms with van der Waals surface area (Å²) in [5.74, 6) is -0.0476. The molecule has 0 unspecified atom stereocenters. The van der Waals surface area contributed by atoms with Gasteiger partial charge in [0, 0.05) is 26.2 Å². The molecule has 1 fully saturated rings. The third kappa shape index (κ3) is 3.31. The molecule has 8 heteroatoms. The van der Waals surface area contributed by atoms with Crippen LogP contribution in [-0.4, -0.2) is 42.0 Å². The van der Waals surface area contributed by atoms with Crippen molar-refractivity contribution in [2.24, 2.45) is 0 Å². The van der Waals surface area contributed by atoms with Crippen molar-refractivity contribution >= 4 is 67.1 Å². The average Bonchev–Trinajstić information content (AvgIpc) is 3.17. The fraction of sp³-hybridized carbons (Fsp3) is 0.333. The number of anilines is 1. The van der Waals surface area contributed by atoms with Crippen LogP contribution < -0.4 is 4.90 Å². The van der Waals surface area contributed by atoms with Crippen LogP contribution in [0.1, 0.15) is 21.5 Å². The van der Waals surface area contributed by atoms with Gasteiger partial charge in [-0.25, -0.2) is 4.98 Å². The van der Waals surface area contributed by atoms with Crippen LogP contribution in [0, 0.1) is 13.8 Å². The van der Waals surface area contributed by atoms with Gasteiger partial charge in [0.25, 0.3) is 5.91 Å². The molecular weight excluding hydrogens is 409 g/mol. The Hall–Kier alpha value is -1.34. The van der Waals surface area contributed by atoms with E-state index in [0.717, 1.165) is 23.7 Å². The maximum atomic E-state index is 12.7. The second-order valence-electron chi connectivity index (χ2n) is 6.44. The number of thiazole rings is 1. The van der Waals surface area contributed by atoms with Gasteiger partial charge in [-0.05, 0) is 37.1 Å². The molecule has 0 saturated carbocycles. The van der Waals surface area contributed by atoms with Gasteiger partial charge in [-0.3, -0.25) is 4.79 Å². The van der Waals surface area contributed by atoms with E-state index in [-0.39, 0.29) is 5.91 Å². The van der Waals surface area contributed by atoms with Crippen molar-refractivity contribution in [2.75, 3.05) is 31.1 Å². The Bertz CT molecular complexity index is 990. The van der Waals surface area contributed by atoms with E-state index in [1.165, 1.54) is 27.2 Å². The van der Waals surface area contributed by atoms with E-state index < -0.39 is 0 Å². The van der Waals surface area contributed by atoms with Gasteiger partial charge in [-0.15, -0.1) is 11.3 Å². The first-order valence-corrected chi connectivity index (χ1v) is 10.7. The van der Waals surface area contributed by atoms with Gasteiger partial charge >= 0.3 is 0 Å². The Morgan fingerprint density at radius 3 is 2.46 bits per heavy atom. The summed E-state index contributed by atoms with van der Waals surface area (Å²) in [6, 6.07) is 5.98. The van der Waals surface area contributed by atoms with Crippen LogP contribution >= 0.6 is 45.9 Å². The Labute approximate surface area is 170 Å². The molecule has 0 spiro atoms. The SMILES string of the molecule is Cc1cc(C)c2sc(N3CCN(C(=O)c4cc(Cl)sc4Cl)CC3)nc2c1. The van der Waals surface area contributed by atoms with Crippen LogP contribution in [0.3, 0.4) is 0 Å². The molecule has 1 aromatic carbocycles. The van der Waals surface area contributed by atoms with Crippen molar-refractivity contribution < 1.29 is 4.79 Å². The lowest BCUT2D eigenvalue weighted by atomic mass is 10.1. The number of carbonyl (C=O) groups excluding carboxylic acids is 1. The van der Waals surface area contributed by atoms with Gasteiger partial charge in [0.2, 0.25) is 0 Å². The van der Waals surface area contributed by atoms with E-state index in [2.05, 4.69) is 30.9 Å². The minimum absolute atomic E-state index is 0.0476. The highest BCUT2D eigenvalue weighted by atomic mass is 35.5. The zero-order valence-corrected chi connectivity index (χ0v) is 17.5. The number of thiophene rings is 1. The lowest BCUT2D eigenvalue weighted by Crippen LogP contribution is -2.48. The van der Waals surface area contributed by atoms with Crippen LogP contribution in [0.4, 0.5) is 5.13 Å². The zero-order chi connectivity index (χ0) is 18.4. The molecule has 26 heavy (non-hydrogen) atoms. The molecule has 1 saturated heterocycles. The van der Waals surface area contributed by atoms with Crippen molar-refractivity contribution in [3.8, 4) is 0 Å². The highest BCUT2D eigenvalue weighted by Gasteiger charge is 2.26. The molecule has 1 aliphatic rings. The first-order valence-electron chi connectivity index (χ1n) is 8.29. The zero-order valence-electron chi connectivity index (χ0n) is 14.4. The summed E-state index contributed by atoms with van der Waals surface area (Å²) in [5.41, 5.74) is 4.05. The first kappa shape index (κ1) is 18.0. The van der Waals surface area contributed by atoms with Crippen molar-refractivity contribution in [3.05, 3.63) is 43.6 Å². The summed E-state index contributed by atoms with van der Waals surface area (Å²) in [6.07, 6.45) is 0. The monoisotopic (exact) mass is 425 g/mol. The highest BCUT2D eigenvalue weighted by molar-refractivity contribution is 7.22. The number of aryl methyl sites for hydroxylation is 2. The van der Waals surface area contributed by atoms with Crippen molar-refractivity contribution in [3.63, 3.8) is 0 Å². The Morgan fingerprint density at radius 2 is 1.81 bits per heavy atom. The number of carbonyl (C=O) groups is 1. The Balaban J connectivity index is 1.49. The minimum atomic E-state index is -0.0476. The first-order chi connectivity index (χ1) is 12.4. The molecule has 0 radical (unpaired) electrons. The summed E-state index contributed by atoms with van der Waals surface area (Å²) in [7, 11) is 0. The number of hydrogen-bond acceptors (Lipinski definition) is 5. The van der Waals surface area contributed by atoms with Gasteiger partial charge in [0.15, 0.2) is 5.13 Å². The number of amides is 1. The van der Waals surface area contributed by atoms with Gasteiger partial charge in [-0.1, -0.05) is 40.6 Å². The normalized spacial score (nSPS) is 15.1. The number of hydrogen-bond donors (Lipinski definition) is 0. The number of fused-ring (bicyclic) bond motifs is 1. The standard InChI is InChI=1S/C18H17Cl2N3OS2/c1-10-7-11(2)15-13(8-10)21-18(26-15)23-5-3-22(4-6-23)17(24)12-9-14(19)25-16(12)20/h7-9H,3-6H2,1-2H3. The molecule has 1 aliphatic heterocycles. The number of halogens is 2. The van der Waals surface area contributed by atoms with E-state index in [0.29, 0.717) is 27.3 Å². The third-order valence-corrected chi connectivity index (χ3v) is 7.29. The van der Waals surface area contributed by atoms with Crippen molar-refractivity contribution in [2.45, 2.75) is 13.8 Å². The Kier molecular flexibility index (Phi) is 4.86. The number of aromatic nitrogens is 1. The largest absolute Gasteiger partial charge is 0.345 e. The van der Waals surface area contributed by atoms with E-state index >= 15 is 0 Å². The van der Waals surface area contributed by atoms with E-state index in [4.69, 9.17) is 28.2 Å². The van der Waals surface area contributed by atoms with Crippen LogP contribution in [0.5, 0.6) is 0 Å². The van der Waals surface area contributed by atoms with Gasteiger partial charge in [-0.2, -0.15) is 0 Å². The molecule has 3 heterocycles. The summed E-state index contributed by atoms with van der Waals surface area (Å²) in [4.78, 5) is 21.6. The predicted octanol–water partition coefficient (Wildman–Crippen LogP) is 5.24. The molecular formula is C18H17Cl2N3OS2. The predicted molar refractivity (Wildman–Crippen MR) is 112 cm³/mol. The number of piperazine rings is 1. The molecule has 1 amide bonds. The number of benzene rings is 1. The molecule has 4 nitrogen and oxygen atoms in total. The smallest absolute Gasteiger partial charge is 0.256 e. The van der Waals surface area contributed by atoms with Crippen molar-refractivity contribution in [1.29, 1.82) is 0 Å².